The third-order valence-electron chi connectivity index (χ3n) is 3.83. The molecule has 1 aliphatic rings. The highest BCUT2D eigenvalue weighted by atomic mass is 14.3. The van der Waals surface area contributed by atoms with Gasteiger partial charge < -0.3 is 0 Å². The summed E-state index contributed by atoms with van der Waals surface area (Å²) in [5.41, 5.74) is 0.643. The van der Waals surface area contributed by atoms with E-state index in [0.717, 1.165) is 11.8 Å². The molecule has 1 fully saturated rings. The lowest BCUT2D eigenvalue weighted by atomic mass is 9.69. The Balaban J connectivity index is 0. The van der Waals surface area contributed by atoms with Crippen LogP contribution < -0.4 is 0 Å². The number of rotatable bonds is 2. The average molecular weight is 228 g/mol. The third kappa shape index (κ3) is 7.30. The molecular weight excluding hydrogens is 192 g/mol. The van der Waals surface area contributed by atoms with E-state index < -0.39 is 0 Å². The highest BCUT2D eigenvalue weighted by Gasteiger charge is 2.28. The van der Waals surface area contributed by atoms with E-state index in [1.165, 1.54) is 32.1 Å². The summed E-state index contributed by atoms with van der Waals surface area (Å²) in [6, 6.07) is 0. The molecule has 0 bridgehead atoms. The van der Waals surface area contributed by atoms with E-state index >= 15 is 0 Å². The molecule has 0 aromatic heterocycles. The first kappa shape index (κ1) is 18.4. The molecule has 0 unspecified atom stereocenters. The second-order valence-electron chi connectivity index (χ2n) is 5.39. The molecule has 0 heterocycles. The second-order valence-corrected chi connectivity index (χ2v) is 5.39. The predicted molar refractivity (Wildman–Crippen MR) is 77.9 cm³/mol. The van der Waals surface area contributed by atoms with E-state index in [9.17, 15) is 0 Å². The van der Waals surface area contributed by atoms with Crippen molar-refractivity contribution in [1.29, 1.82) is 0 Å². The summed E-state index contributed by atoms with van der Waals surface area (Å²) in [6.45, 7) is 17.6. The minimum atomic E-state index is 0.643. The van der Waals surface area contributed by atoms with Crippen LogP contribution in [0.2, 0.25) is 0 Å². The molecule has 0 aromatic rings. The van der Waals surface area contributed by atoms with E-state index in [4.69, 9.17) is 0 Å². The minimum absolute atomic E-state index is 0.643. The van der Waals surface area contributed by atoms with Gasteiger partial charge in [-0.05, 0) is 42.9 Å². The van der Waals surface area contributed by atoms with Crippen LogP contribution in [-0.2, 0) is 0 Å². The molecular formula is C16H36. The average Bonchev–Trinajstić information content (AvgIpc) is 2.33. The van der Waals surface area contributed by atoms with Gasteiger partial charge in [0.1, 0.15) is 0 Å². The van der Waals surface area contributed by atoms with Crippen LogP contribution in [0.3, 0.4) is 0 Å². The Morgan fingerprint density at radius 3 is 1.69 bits per heavy atom. The van der Waals surface area contributed by atoms with Gasteiger partial charge in [-0.2, -0.15) is 0 Å². The van der Waals surface area contributed by atoms with Gasteiger partial charge in [-0.1, -0.05) is 61.8 Å². The Morgan fingerprint density at radius 1 is 1.00 bits per heavy atom. The Bertz CT molecular complexity index is 125. The first-order chi connectivity index (χ1) is 7.55. The van der Waals surface area contributed by atoms with Gasteiger partial charge >= 0.3 is 0 Å². The van der Waals surface area contributed by atoms with Crippen LogP contribution in [0.5, 0.6) is 0 Å². The first-order valence-corrected chi connectivity index (χ1v) is 7.55. The van der Waals surface area contributed by atoms with Crippen LogP contribution >= 0.6 is 0 Å². The summed E-state index contributed by atoms with van der Waals surface area (Å²) < 4.78 is 0. The molecule has 1 saturated carbocycles. The Kier molecular flexibility index (Phi) is 11.7. The lowest BCUT2D eigenvalue weighted by Crippen LogP contribution is -2.24. The Morgan fingerprint density at radius 2 is 1.38 bits per heavy atom. The molecule has 0 N–H and O–H groups in total. The van der Waals surface area contributed by atoms with Gasteiger partial charge in [-0.25, -0.2) is 0 Å². The maximum atomic E-state index is 2.42. The molecule has 100 valence electrons. The standard InChI is InChI=1S/C12H24.2C2H6/c1-5-10(2)11-6-8-12(3,4)9-7-11;2*1-2/h10-11H,5-9H2,1-4H3;2*1-2H3/t10-;;/m0../s1. The summed E-state index contributed by atoms with van der Waals surface area (Å²) in [5, 5.41) is 0. The molecule has 0 spiro atoms. The Hall–Kier alpha value is 0. The fourth-order valence-corrected chi connectivity index (χ4v) is 2.32. The monoisotopic (exact) mass is 228 g/mol. The van der Waals surface area contributed by atoms with E-state index in [0.29, 0.717) is 5.41 Å². The molecule has 1 aliphatic carbocycles. The van der Waals surface area contributed by atoms with Gasteiger partial charge in [0.25, 0.3) is 0 Å². The molecule has 0 radical (unpaired) electrons. The van der Waals surface area contributed by atoms with Crippen molar-refractivity contribution in [2.24, 2.45) is 17.3 Å². The van der Waals surface area contributed by atoms with Crippen molar-refractivity contribution in [3.8, 4) is 0 Å². The van der Waals surface area contributed by atoms with Crippen LogP contribution in [0.25, 0.3) is 0 Å². The molecule has 0 amide bonds. The van der Waals surface area contributed by atoms with Crippen LogP contribution in [0.4, 0.5) is 0 Å². The molecule has 0 aliphatic heterocycles. The van der Waals surface area contributed by atoms with Crippen LogP contribution in [0.15, 0.2) is 0 Å². The van der Waals surface area contributed by atoms with Crippen molar-refractivity contribution in [2.75, 3.05) is 0 Å². The van der Waals surface area contributed by atoms with Crippen molar-refractivity contribution >= 4 is 0 Å². The van der Waals surface area contributed by atoms with Gasteiger partial charge in [0.2, 0.25) is 0 Å². The maximum absolute atomic E-state index is 2.42. The van der Waals surface area contributed by atoms with E-state index in [-0.39, 0.29) is 0 Å². The lowest BCUT2D eigenvalue weighted by molar-refractivity contribution is 0.153. The smallest absolute Gasteiger partial charge is 0.0354 e. The summed E-state index contributed by atoms with van der Waals surface area (Å²) in [7, 11) is 0. The molecule has 0 nitrogen and oxygen atoms in total. The van der Waals surface area contributed by atoms with Crippen molar-refractivity contribution in [3.63, 3.8) is 0 Å². The summed E-state index contributed by atoms with van der Waals surface area (Å²) >= 11 is 0. The van der Waals surface area contributed by atoms with E-state index in [2.05, 4.69) is 27.7 Å². The van der Waals surface area contributed by atoms with Crippen molar-refractivity contribution in [3.05, 3.63) is 0 Å². The van der Waals surface area contributed by atoms with Gasteiger partial charge in [0.15, 0.2) is 0 Å². The fraction of sp³-hybridized carbons (Fsp3) is 1.00. The fourth-order valence-electron chi connectivity index (χ4n) is 2.32. The zero-order valence-corrected chi connectivity index (χ0v) is 13.2. The zero-order valence-electron chi connectivity index (χ0n) is 13.2. The van der Waals surface area contributed by atoms with E-state index in [1.54, 1.807) is 0 Å². The largest absolute Gasteiger partial charge is 0.0683 e. The molecule has 16 heavy (non-hydrogen) atoms. The first-order valence-electron chi connectivity index (χ1n) is 7.55. The predicted octanol–water partition coefficient (Wildman–Crippen LogP) is 6.30. The van der Waals surface area contributed by atoms with Crippen molar-refractivity contribution < 1.29 is 0 Å². The number of hydrogen-bond acceptors (Lipinski definition) is 0. The normalized spacial score (nSPS) is 21.0. The summed E-state index contributed by atoms with van der Waals surface area (Å²) in [4.78, 5) is 0. The third-order valence-corrected chi connectivity index (χ3v) is 3.83. The van der Waals surface area contributed by atoms with Crippen LogP contribution in [0.1, 0.15) is 87.5 Å². The Labute approximate surface area is 105 Å². The highest BCUT2D eigenvalue weighted by molar-refractivity contribution is 4.80. The van der Waals surface area contributed by atoms with E-state index in [1.807, 2.05) is 27.7 Å². The molecule has 0 aromatic carbocycles. The van der Waals surface area contributed by atoms with Crippen LogP contribution in [-0.4, -0.2) is 0 Å². The van der Waals surface area contributed by atoms with Crippen LogP contribution in [0, 0.1) is 17.3 Å². The minimum Gasteiger partial charge on any atom is -0.0683 e. The highest BCUT2D eigenvalue weighted by Crippen LogP contribution is 2.41. The van der Waals surface area contributed by atoms with Gasteiger partial charge in [-0.15, -0.1) is 0 Å². The van der Waals surface area contributed by atoms with Gasteiger partial charge in [-0.3, -0.25) is 0 Å². The summed E-state index contributed by atoms with van der Waals surface area (Å²) in [5.74, 6) is 1.99. The lowest BCUT2D eigenvalue weighted by Gasteiger charge is -2.36. The van der Waals surface area contributed by atoms with Gasteiger partial charge in [0, 0.05) is 0 Å². The molecule has 1 rings (SSSR count). The molecule has 1 atom stereocenters. The quantitative estimate of drug-likeness (QED) is 0.520. The summed E-state index contributed by atoms with van der Waals surface area (Å²) in [6.07, 6.45) is 7.21. The molecule has 0 heteroatoms. The number of hydrogen-bond donors (Lipinski definition) is 0. The van der Waals surface area contributed by atoms with Crippen molar-refractivity contribution in [1.82, 2.24) is 0 Å². The maximum Gasteiger partial charge on any atom is -0.0354 e. The van der Waals surface area contributed by atoms with Gasteiger partial charge in [0.05, 0.1) is 0 Å². The zero-order chi connectivity index (χ0) is 13.2. The molecule has 0 saturated heterocycles. The topological polar surface area (TPSA) is 0 Å². The second kappa shape index (κ2) is 10.2. The SMILES string of the molecule is CC.CC.CC[C@H](C)C1CCC(C)(C)CC1. The van der Waals surface area contributed by atoms with Crippen molar-refractivity contribution in [2.45, 2.75) is 87.5 Å².